The van der Waals surface area contributed by atoms with E-state index in [9.17, 15) is 4.79 Å². The van der Waals surface area contributed by atoms with Crippen LogP contribution in [0.4, 0.5) is 0 Å². The number of imidazole rings is 1. The summed E-state index contributed by atoms with van der Waals surface area (Å²) in [5, 5.41) is 8.29. The van der Waals surface area contributed by atoms with Gasteiger partial charge < -0.3 is 14.4 Å². The second kappa shape index (κ2) is 9.32. The average Bonchev–Trinajstić information content (AvgIpc) is 3.35. The monoisotopic (exact) mass is 441 g/mol. The summed E-state index contributed by atoms with van der Waals surface area (Å²) in [4.78, 5) is 21.2. The Balaban J connectivity index is 1.40. The molecule has 2 heterocycles. The van der Waals surface area contributed by atoms with Gasteiger partial charge in [0.15, 0.2) is 11.0 Å². The summed E-state index contributed by atoms with van der Waals surface area (Å²) in [6.07, 6.45) is 0.994. The summed E-state index contributed by atoms with van der Waals surface area (Å²) < 4.78 is 7.50. The van der Waals surface area contributed by atoms with Crippen LogP contribution in [0.5, 0.6) is 0 Å². The van der Waals surface area contributed by atoms with Crippen molar-refractivity contribution in [1.82, 2.24) is 25.0 Å². The van der Waals surface area contributed by atoms with Gasteiger partial charge >= 0.3 is 0 Å². The van der Waals surface area contributed by atoms with Crippen LogP contribution in [0, 0.1) is 0 Å². The molecule has 0 aliphatic carbocycles. The van der Waals surface area contributed by atoms with Crippen LogP contribution >= 0.6 is 23.4 Å². The quantitative estimate of drug-likeness (QED) is 0.399. The predicted molar refractivity (Wildman–Crippen MR) is 117 cm³/mol. The Kier molecular flexibility index (Phi) is 6.35. The molecule has 154 valence electrons. The lowest BCUT2D eigenvalue weighted by Gasteiger charge is -2.06. The van der Waals surface area contributed by atoms with Gasteiger partial charge in [0.25, 0.3) is 5.91 Å². The molecule has 0 bridgehead atoms. The number of aryl methyl sites for hydroxylation is 1. The highest BCUT2D eigenvalue weighted by Gasteiger charge is 2.14. The number of nitrogens with zero attached hydrogens (tertiary/aromatic N) is 4. The molecule has 0 unspecified atom stereocenters. The summed E-state index contributed by atoms with van der Waals surface area (Å²) >= 11 is 7.64. The number of rotatable bonds is 8. The second-order valence-corrected chi connectivity index (χ2v) is 8.00. The molecule has 2 aromatic carbocycles. The van der Waals surface area contributed by atoms with Crippen LogP contribution in [0.25, 0.3) is 11.0 Å². The molecule has 1 amide bonds. The van der Waals surface area contributed by atoms with Crippen molar-refractivity contribution in [3.63, 3.8) is 0 Å². The third-order valence-electron chi connectivity index (χ3n) is 4.40. The lowest BCUT2D eigenvalue weighted by Crippen LogP contribution is -2.23. The first-order chi connectivity index (χ1) is 14.6. The van der Waals surface area contributed by atoms with Gasteiger partial charge in [-0.2, -0.15) is 4.98 Å². The number of nitrogens with one attached hydrogen (secondary N) is 1. The Morgan fingerprint density at radius 3 is 2.83 bits per heavy atom. The Labute approximate surface area is 182 Å². The average molecular weight is 442 g/mol. The number of aromatic nitrogens is 4. The van der Waals surface area contributed by atoms with Crippen LogP contribution in [0.3, 0.4) is 0 Å². The smallest absolute Gasteiger partial charge is 0.251 e. The zero-order valence-electron chi connectivity index (χ0n) is 16.3. The number of halogens is 1. The molecule has 0 atom stereocenters. The normalized spacial score (nSPS) is 11.1. The maximum atomic E-state index is 12.1. The Hall–Kier alpha value is -2.84. The van der Waals surface area contributed by atoms with Crippen molar-refractivity contribution in [2.24, 2.45) is 0 Å². The summed E-state index contributed by atoms with van der Waals surface area (Å²) in [5.41, 5.74) is 2.51. The molecule has 30 heavy (non-hydrogen) atoms. The number of benzene rings is 2. The summed E-state index contributed by atoms with van der Waals surface area (Å²) in [7, 11) is 0. The first-order valence-electron chi connectivity index (χ1n) is 9.57. The number of carbonyl (C=O) groups is 1. The molecule has 2 aromatic heterocycles. The van der Waals surface area contributed by atoms with E-state index in [2.05, 4.69) is 26.9 Å². The molecule has 4 rings (SSSR count). The van der Waals surface area contributed by atoms with Gasteiger partial charge in [-0.25, -0.2) is 4.98 Å². The Morgan fingerprint density at radius 2 is 2.03 bits per heavy atom. The minimum atomic E-state index is -0.178. The molecular formula is C21H20ClN5O2S. The number of hydrogen-bond donors (Lipinski definition) is 1. The molecule has 4 aromatic rings. The molecule has 0 saturated carbocycles. The van der Waals surface area contributed by atoms with Gasteiger partial charge in [-0.15, -0.1) is 0 Å². The van der Waals surface area contributed by atoms with E-state index in [1.165, 1.54) is 11.8 Å². The van der Waals surface area contributed by atoms with E-state index in [4.69, 9.17) is 21.1 Å². The SMILES string of the molecule is CCCn1c(SCc2nc(CNC(=O)c3ccccc3)no2)nc2cc(Cl)ccc21. The molecule has 0 fully saturated rings. The molecule has 0 aliphatic rings. The minimum Gasteiger partial charge on any atom is -0.345 e. The first kappa shape index (κ1) is 20.4. The van der Waals surface area contributed by atoms with Gasteiger partial charge in [-0.1, -0.05) is 53.6 Å². The van der Waals surface area contributed by atoms with E-state index in [0.717, 1.165) is 29.2 Å². The van der Waals surface area contributed by atoms with Crippen molar-refractivity contribution >= 4 is 40.3 Å². The topological polar surface area (TPSA) is 85.8 Å². The van der Waals surface area contributed by atoms with Crippen molar-refractivity contribution in [3.05, 3.63) is 70.8 Å². The van der Waals surface area contributed by atoms with Crippen LogP contribution < -0.4 is 5.32 Å². The van der Waals surface area contributed by atoms with Crippen LogP contribution in [0.15, 0.2) is 58.2 Å². The minimum absolute atomic E-state index is 0.178. The fraction of sp³-hybridized carbons (Fsp3) is 0.238. The van der Waals surface area contributed by atoms with E-state index < -0.39 is 0 Å². The second-order valence-electron chi connectivity index (χ2n) is 6.62. The van der Waals surface area contributed by atoms with Crippen molar-refractivity contribution in [2.45, 2.75) is 37.3 Å². The highest BCUT2D eigenvalue weighted by atomic mass is 35.5. The molecular weight excluding hydrogens is 422 g/mol. The number of fused-ring (bicyclic) bond motifs is 1. The lowest BCUT2D eigenvalue weighted by molar-refractivity contribution is 0.0949. The molecule has 1 N–H and O–H groups in total. The van der Waals surface area contributed by atoms with E-state index >= 15 is 0 Å². The number of hydrogen-bond acceptors (Lipinski definition) is 6. The Bertz CT molecular complexity index is 1160. The van der Waals surface area contributed by atoms with E-state index in [0.29, 0.717) is 28.1 Å². The largest absolute Gasteiger partial charge is 0.345 e. The molecule has 0 saturated heterocycles. The van der Waals surface area contributed by atoms with Gasteiger partial charge in [0.05, 0.1) is 23.3 Å². The van der Waals surface area contributed by atoms with E-state index in [1.54, 1.807) is 12.1 Å². The highest BCUT2D eigenvalue weighted by molar-refractivity contribution is 7.98. The third kappa shape index (κ3) is 4.66. The summed E-state index contributed by atoms with van der Waals surface area (Å²) in [6, 6.07) is 14.7. The van der Waals surface area contributed by atoms with E-state index in [-0.39, 0.29) is 12.5 Å². The zero-order chi connectivity index (χ0) is 20.9. The van der Waals surface area contributed by atoms with Gasteiger partial charge in [0, 0.05) is 17.1 Å². The van der Waals surface area contributed by atoms with Gasteiger partial charge in [0.2, 0.25) is 5.89 Å². The first-order valence-corrected chi connectivity index (χ1v) is 10.9. The number of thioether (sulfide) groups is 1. The maximum absolute atomic E-state index is 12.1. The standard InChI is InChI=1S/C21H20ClN5O2S/c1-2-10-27-17-9-8-15(22)11-16(17)24-21(27)30-13-19-25-18(26-29-19)12-23-20(28)14-6-4-3-5-7-14/h3-9,11H,2,10,12-13H2,1H3,(H,23,28). The molecule has 9 heteroatoms. The maximum Gasteiger partial charge on any atom is 0.251 e. The summed E-state index contributed by atoms with van der Waals surface area (Å²) in [5.74, 6) is 1.23. The van der Waals surface area contributed by atoms with Crippen LogP contribution in [-0.4, -0.2) is 25.6 Å². The molecule has 7 nitrogen and oxygen atoms in total. The van der Waals surface area contributed by atoms with Gasteiger partial charge in [-0.3, -0.25) is 4.79 Å². The fourth-order valence-corrected chi connectivity index (χ4v) is 4.07. The number of carbonyl (C=O) groups excluding carboxylic acids is 1. The lowest BCUT2D eigenvalue weighted by atomic mass is 10.2. The van der Waals surface area contributed by atoms with Crippen molar-refractivity contribution < 1.29 is 9.32 Å². The highest BCUT2D eigenvalue weighted by Crippen LogP contribution is 2.28. The zero-order valence-corrected chi connectivity index (χ0v) is 17.9. The van der Waals surface area contributed by atoms with Crippen molar-refractivity contribution in [1.29, 1.82) is 0 Å². The van der Waals surface area contributed by atoms with Gasteiger partial charge in [0.1, 0.15) is 0 Å². The molecule has 0 radical (unpaired) electrons. The molecule has 0 spiro atoms. The Morgan fingerprint density at radius 1 is 1.20 bits per heavy atom. The van der Waals surface area contributed by atoms with Crippen LogP contribution in [-0.2, 0) is 18.8 Å². The van der Waals surface area contributed by atoms with Crippen LogP contribution in [0.1, 0.15) is 35.4 Å². The van der Waals surface area contributed by atoms with Crippen molar-refractivity contribution in [3.8, 4) is 0 Å². The predicted octanol–water partition coefficient (Wildman–Crippen LogP) is 4.71. The van der Waals surface area contributed by atoms with Crippen molar-refractivity contribution in [2.75, 3.05) is 0 Å². The van der Waals surface area contributed by atoms with Crippen LogP contribution in [0.2, 0.25) is 5.02 Å². The number of amides is 1. The summed E-state index contributed by atoms with van der Waals surface area (Å²) in [6.45, 7) is 3.19. The third-order valence-corrected chi connectivity index (χ3v) is 5.60. The fourth-order valence-electron chi connectivity index (χ4n) is 3.03. The molecule has 0 aliphatic heterocycles. The van der Waals surface area contributed by atoms with E-state index in [1.807, 2.05) is 36.4 Å². The van der Waals surface area contributed by atoms with Gasteiger partial charge in [-0.05, 0) is 36.8 Å².